The highest BCUT2D eigenvalue weighted by Crippen LogP contribution is 2.40. The lowest BCUT2D eigenvalue weighted by atomic mass is 9.78. The number of cyclic esters (lactones) is 1. The van der Waals surface area contributed by atoms with Gasteiger partial charge in [-0.1, -0.05) is 76.3 Å². The zero-order valence-electron chi connectivity index (χ0n) is 76.8. The van der Waals surface area contributed by atoms with E-state index in [4.69, 9.17) is 93.1 Å². The van der Waals surface area contributed by atoms with E-state index in [-0.39, 0.29) is 80.1 Å². The van der Waals surface area contributed by atoms with Crippen LogP contribution in [0.4, 0.5) is 11.8 Å². The third kappa shape index (κ3) is 32.2. The number of carbonyl (C=O) groups is 5. The predicted octanol–water partition coefficient (Wildman–Crippen LogP) is 8.80. The zero-order valence-corrected chi connectivity index (χ0v) is 76.8. The summed E-state index contributed by atoms with van der Waals surface area (Å²) in [7, 11) is 4.70. The summed E-state index contributed by atoms with van der Waals surface area (Å²) in [4.78, 5) is 84.6. The third-order valence-electron chi connectivity index (χ3n) is 24.3. The Kier molecular flexibility index (Phi) is 44.4. The van der Waals surface area contributed by atoms with Crippen LogP contribution in [0.5, 0.6) is 0 Å². The van der Waals surface area contributed by atoms with Gasteiger partial charge in [-0.05, 0) is 157 Å². The smallest absolute Gasteiger partial charge is 0.329 e. The minimum absolute atomic E-state index is 0.00946. The number of unbranched alkanes of at least 4 members (excludes halogenated alkanes) is 2. The van der Waals surface area contributed by atoms with Crippen molar-refractivity contribution in [3.8, 4) is 11.3 Å². The lowest BCUT2D eigenvalue weighted by Crippen LogP contribution is -2.61. The first-order valence-electron chi connectivity index (χ1n) is 45.7. The molecule has 1 aliphatic carbocycles. The van der Waals surface area contributed by atoms with Gasteiger partial charge in [-0.3, -0.25) is 19.2 Å². The number of nitrogens with zero attached hydrogens (tertiary/aromatic N) is 10. The Hall–Kier alpha value is -8.44. The Morgan fingerprint density at radius 1 is 0.734 bits per heavy atom. The fourth-order valence-corrected chi connectivity index (χ4v) is 16.8. The van der Waals surface area contributed by atoms with Gasteiger partial charge in [0.05, 0.1) is 148 Å². The molecule has 4 aromatic heterocycles. The van der Waals surface area contributed by atoms with E-state index >= 15 is 0 Å². The van der Waals surface area contributed by atoms with Crippen LogP contribution in [0.25, 0.3) is 33.4 Å². The molecule has 3 fully saturated rings. The fraction of sp³-hybridized carbons (Fsp3) is 0.696. The molecule has 5 aromatic rings. The topological polar surface area (TPSA) is 461 Å². The van der Waals surface area contributed by atoms with Crippen LogP contribution in [0.1, 0.15) is 163 Å². The minimum atomic E-state index is -2.45. The number of ether oxygens (including phenoxy) is 14. The Bertz CT molecular complexity index is 4360. The average Bonchev–Trinajstić information content (AvgIpc) is 1.60. The van der Waals surface area contributed by atoms with Crippen molar-refractivity contribution < 1.29 is 105 Å². The maximum Gasteiger partial charge on any atom is 0.329 e. The predicted molar refractivity (Wildman–Crippen MR) is 479 cm³/mol. The molecule has 3 aliphatic heterocycles. The van der Waals surface area contributed by atoms with E-state index in [9.17, 15) is 34.2 Å². The number of esters is 1. The van der Waals surface area contributed by atoms with E-state index in [1.165, 1.54) is 18.3 Å². The van der Waals surface area contributed by atoms with Gasteiger partial charge in [0.15, 0.2) is 17.0 Å². The fourth-order valence-electron chi connectivity index (χ4n) is 16.8. The van der Waals surface area contributed by atoms with Crippen molar-refractivity contribution in [3.63, 3.8) is 0 Å². The number of nitrogen functional groups attached to an aromatic ring is 2. The standard InChI is InChI=1S/C92H142N14O22/c1-61-20-12-11-13-21-62(2)77(114-8)57-71-27-24-67(7)92(113,128-71)86(110)89(111)105-32-17-14-23-74(105)90(112)126-78(58-72(100-95)63(3)53-66(6)84(109)85(116-10)83(108)65(5)52-61)64(4)54-68-25-28-76(79(55-68)115-9)125-35-19-15-22-70-59-104(103-101-70)34-37-118-39-41-120-43-45-122-47-49-124-51-50-123-48-46-121-44-42-119-40-38-117-36-30-80(107)96-31-16-18-33-106-88-81(87(93)97-60-98-88)82(102-106)69-26-29-75-73(56-69)99-91(94)127-75/h11-13,20-21,26,29,53,56,59-61,63-65,67-68,71,74,76-79,84-85,109,113H,14-19,22-25,27-28,30-52,54-55,57-58,95H2,1-10H3,(H2,94,99)(H,96,107)(H2,93,97,98)/b13-11+,20-12+,62-21+,66-53+,100-72-/t61-,63-,64-,65-,67-,68+,71+,74+,76-,77+,78+,79-,84-,85+,92-/m1/s1. The number of benzene rings is 1. The molecule has 128 heavy (non-hydrogen) atoms. The van der Waals surface area contributed by atoms with E-state index in [1.807, 2.05) is 83.3 Å². The van der Waals surface area contributed by atoms with Gasteiger partial charge in [0.2, 0.25) is 11.7 Å². The number of nitrogens with two attached hydrogens (primary N) is 3. The van der Waals surface area contributed by atoms with Crippen LogP contribution in [-0.2, 0) is 110 Å². The molecule has 0 spiro atoms. The second-order valence-electron chi connectivity index (χ2n) is 34.0. The molecule has 9 rings (SSSR count). The largest absolute Gasteiger partial charge is 0.460 e. The van der Waals surface area contributed by atoms with Crippen molar-refractivity contribution in [3.05, 3.63) is 84.0 Å². The van der Waals surface area contributed by atoms with E-state index in [0.29, 0.717) is 222 Å². The number of hydrogen-bond acceptors (Lipinski definition) is 32. The molecule has 1 saturated carbocycles. The zero-order chi connectivity index (χ0) is 91.7. The number of aliphatic hydroxyl groups is 2. The number of oxazole rings is 1. The number of nitrogens with one attached hydrogen (secondary N) is 1. The number of amides is 2. The van der Waals surface area contributed by atoms with Gasteiger partial charge >= 0.3 is 5.97 Å². The number of fused-ring (bicyclic) bond motifs is 5. The van der Waals surface area contributed by atoms with Crippen LogP contribution in [0.3, 0.4) is 0 Å². The van der Waals surface area contributed by atoms with Crippen molar-refractivity contribution >= 4 is 69.0 Å². The Balaban J connectivity index is 0.591. The molecule has 2 bridgehead atoms. The number of hydrogen-bond donors (Lipinski definition) is 6. The molecule has 2 amide bonds. The van der Waals surface area contributed by atoms with Crippen LogP contribution in [-0.4, -0.2) is 291 Å². The van der Waals surface area contributed by atoms with E-state index in [2.05, 4.69) is 35.7 Å². The number of allylic oxidation sites excluding steroid dienone is 6. The van der Waals surface area contributed by atoms with Gasteiger partial charge in [-0.15, -0.1) is 5.10 Å². The molecule has 1 aromatic carbocycles. The van der Waals surface area contributed by atoms with Crippen molar-refractivity contribution in [2.24, 2.45) is 46.5 Å². The maximum atomic E-state index is 14.9. The molecule has 2 saturated heterocycles. The molecule has 0 unspecified atom stereocenters. The monoisotopic (exact) mass is 1800 g/mol. The van der Waals surface area contributed by atoms with Gasteiger partial charge in [-0.25, -0.2) is 24.1 Å². The summed E-state index contributed by atoms with van der Waals surface area (Å²) in [5, 5.41) is 45.3. The lowest BCUT2D eigenvalue weighted by molar-refractivity contribution is -0.265. The Morgan fingerprint density at radius 3 is 2.09 bits per heavy atom. The summed E-state index contributed by atoms with van der Waals surface area (Å²) in [6.45, 7) is 22.0. The highest BCUT2D eigenvalue weighted by molar-refractivity contribution is 6.39. The molecular formula is C92H142N14O22. The number of aliphatic hydroxyl groups excluding tert-OH is 1. The Labute approximate surface area is 752 Å². The van der Waals surface area contributed by atoms with Crippen molar-refractivity contribution in [2.45, 2.75) is 232 Å². The molecular weight excluding hydrogens is 1650 g/mol. The highest BCUT2D eigenvalue weighted by Gasteiger charge is 2.53. The summed E-state index contributed by atoms with van der Waals surface area (Å²) in [5.41, 5.74) is 17.9. The number of hydrazone groups is 1. The maximum absolute atomic E-state index is 14.9. The van der Waals surface area contributed by atoms with Crippen molar-refractivity contribution in [2.75, 3.05) is 158 Å². The van der Waals surface area contributed by atoms with E-state index in [0.717, 1.165) is 61.8 Å². The molecule has 7 heterocycles. The SMILES string of the molecule is CO[C@H]1C[C@@H]2CC[C@@H](C)[C@@](O)(O2)C(=O)C(=O)N2CCCC[C@H]2C(=O)O[C@H]([C@H](C)C[C@@H]2CC[C@@H](OCCCCc3cn(CCOCCOCCOCCOCCOCCOCCOCCOCCC(=O)NCCCCn4nc(-c5ccc6oc(N)nc6c5)c5c(N)ncnc54)nn3)[C@H](OC)C2)C/C(=N/N)[C@H](C)/C=C(\C)[C@@H](O)[C@@H](OC)C(=O)[C@H](C)C[C@H](C)/C=C/C=C/C=C/1C. The first-order chi connectivity index (χ1) is 61.9. The molecule has 4 aliphatic rings. The van der Waals surface area contributed by atoms with Crippen molar-refractivity contribution in [1.82, 2.24) is 49.9 Å². The van der Waals surface area contributed by atoms with Crippen LogP contribution in [0.2, 0.25) is 0 Å². The normalized spacial score (nSPS) is 26.7. The quantitative estimate of drug-likeness (QED) is 0.00529. The summed E-state index contributed by atoms with van der Waals surface area (Å²) in [5.74, 6) is -0.819. The number of ketones is 2. The lowest BCUT2D eigenvalue weighted by Gasteiger charge is -2.42. The molecule has 712 valence electrons. The number of piperidine rings is 1. The first kappa shape index (κ1) is 103. The van der Waals surface area contributed by atoms with Crippen LogP contribution < -0.4 is 22.6 Å². The number of anilines is 2. The molecule has 0 radical (unpaired) electrons. The number of rotatable bonds is 45. The average molecular weight is 1800 g/mol. The van der Waals surface area contributed by atoms with Gasteiger partial charge in [-0.2, -0.15) is 15.2 Å². The van der Waals surface area contributed by atoms with Gasteiger partial charge in [0.25, 0.3) is 17.7 Å². The summed E-state index contributed by atoms with van der Waals surface area (Å²) < 4.78 is 91.1. The number of aromatic nitrogens is 8. The molecule has 36 heteroatoms. The van der Waals surface area contributed by atoms with Crippen LogP contribution in [0.15, 0.2) is 87.8 Å². The number of Topliss-reactive ketones (excluding diaryl/α,β-unsaturated/α-hetero) is 2. The van der Waals surface area contributed by atoms with E-state index in [1.54, 1.807) is 49.6 Å². The van der Waals surface area contributed by atoms with Gasteiger partial charge < -0.3 is 108 Å². The van der Waals surface area contributed by atoms with Crippen LogP contribution >= 0.6 is 0 Å². The van der Waals surface area contributed by atoms with Gasteiger partial charge in [0.1, 0.15) is 47.7 Å². The minimum Gasteiger partial charge on any atom is -0.460 e. The molecule has 15 atom stereocenters. The Morgan fingerprint density at radius 2 is 1.42 bits per heavy atom. The van der Waals surface area contributed by atoms with Gasteiger partial charge in [0, 0.05) is 102 Å². The summed E-state index contributed by atoms with van der Waals surface area (Å²) in [6.07, 6.45) is 20.4. The second-order valence-corrected chi connectivity index (χ2v) is 34.0. The molecule has 36 nitrogen and oxygen atoms in total. The second kappa shape index (κ2) is 55.0. The number of carbonyl (C=O) groups excluding carboxylic acids is 5. The number of methoxy groups -OCH3 is 3. The molecule has 9 N–H and O–H groups in total. The van der Waals surface area contributed by atoms with E-state index < -0.39 is 77.8 Å². The summed E-state index contributed by atoms with van der Waals surface area (Å²) >= 11 is 0. The first-order valence-corrected chi connectivity index (χ1v) is 45.7. The number of aryl methyl sites for hydroxylation is 2. The summed E-state index contributed by atoms with van der Waals surface area (Å²) in [6, 6.07) is 4.45. The van der Waals surface area contributed by atoms with Crippen LogP contribution in [0, 0.1) is 35.5 Å². The van der Waals surface area contributed by atoms with Crippen molar-refractivity contribution in [1.29, 1.82) is 0 Å². The highest BCUT2D eigenvalue weighted by atomic mass is 16.6. The third-order valence-corrected chi connectivity index (χ3v) is 24.3.